The molecule has 0 aliphatic carbocycles. The zero-order valence-corrected chi connectivity index (χ0v) is 17.7. The number of hydrogen-bond donors (Lipinski definition) is 1. The molecule has 5 nitrogen and oxygen atoms in total. The molecule has 0 bridgehead atoms. The molecule has 1 aromatic heterocycles. The summed E-state index contributed by atoms with van der Waals surface area (Å²) in [7, 11) is 1.66. The number of nitrogens with one attached hydrogen (secondary N) is 1. The van der Waals surface area contributed by atoms with Crippen molar-refractivity contribution in [2.24, 2.45) is 0 Å². The number of benzene rings is 2. The van der Waals surface area contributed by atoms with Gasteiger partial charge in [0.2, 0.25) is 0 Å². The maximum atomic E-state index is 12.7. The van der Waals surface area contributed by atoms with Crippen molar-refractivity contribution in [2.45, 2.75) is 18.9 Å². The summed E-state index contributed by atoms with van der Waals surface area (Å²) < 4.78 is 11.1. The van der Waals surface area contributed by atoms with Gasteiger partial charge in [0, 0.05) is 12.1 Å². The van der Waals surface area contributed by atoms with Gasteiger partial charge in [0.15, 0.2) is 5.76 Å². The van der Waals surface area contributed by atoms with E-state index >= 15 is 0 Å². The maximum absolute atomic E-state index is 12.7. The second-order valence-corrected chi connectivity index (χ2v) is 7.79. The minimum Gasteiger partial charge on any atom is -0.497 e. The van der Waals surface area contributed by atoms with E-state index in [2.05, 4.69) is 22.3 Å². The molecule has 4 rings (SSSR count). The van der Waals surface area contributed by atoms with Crippen molar-refractivity contribution in [2.75, 3.05) is 26.7 Å². The highest BCUT2D eigenvalue weighted by Gasteiger charge is 2.25. The van der Waals surface area contributed by atoms with Gasteiger partial charge in [-0.25, -0.2) is 0 Å². The van der Waals surface area contributed by atoms with E-state index in [-0.39, 0.29) is 17.7 Å². The Bertz CT molecular complexity index is 994. The summed E-state index contributed by atoms with van der Waals surface area (Å²) in [5.41, 5.74) is 1.93. The molecule has 1 atom stereocenters. The number of amides is 1. The van der Waals surface area contributed by atoms with Crippen LogP contribution in [0.25, 0.3) is 11.3 Å². The number of rotatable bonds is 7. The van der Waals surface area contributed by atoms with E-state index < -0.39 is 0 Å². The molecule has 1 aliphatic heterocycles. The van der Waals surface area contributed by atoms with Crippen LogP contribution in [0, 0.1) is 0 Å². The normalized spacial score (nSPS) is 15.1. The van der Waals surface area contributed by atoms with Crippen molar-refractivity contribution >= 4 is 17.5 Å². The van der Waals surface area contributed by atoms with Crippen molar-refractivity contribution in [3.8, 4) is 17.1 Å². The first-order chi connectivity index (χ1) is 14.7. The predicted molar refractivity (Wildman–Crippen MR) is 118 cm³/mol. The fourth-order valence-corrected chi connectivity index (χ4v) is 4.11. The van der Waals surface area contributed by atoms with E-state index in [0.717, 1.165) is 30.0 Å². The van der Waals surface area contributed by atoms with Gasteiger partial charge in [-0.2, -0.15) is 0 Å². The summed E-state index contributed by atoms with van der Waals surface area (Å²) in [5, 5.41) is 3.63. The first-order valence-corrected chi connectivity index (χ1v) is 10.5. The molecule has 1 saturated heterocycles. The third-order valence-electron chi connectivity index (χ3n) is 5.51. The highest BCUT2D eigenvalue weighted by atomic mass is 35.5. The first kappa shape index (κ1) is 20.5. The lowest BCUT2D eigenvalue weighted by Gasteiger charge is -2.28. The number of carbonyl (C=O) groups excluding carboxylic acids is 1. The summed E-state index contributed by atoms with van der Waals surface area (Å²) >= 11 is 6.24. The van der Waals surface area contributed by atoms with Crippen molar-refractivity contribution in [1.82, 2.24) is 10.2 Å². The summed E-state index contributed by atoms with van der Waals surface area (Å²) in [6.45, 7) is 2.57. The quantitative estimate of drug-likeness (QED) is 0.568. The Morgan fingerprint density at radius 3 is 2.53 bits per heavy atom. The van der Waals surface area contributed by atoms with Crippen LogP contribution in [0.2, 0.25) is 5.02 Å². The summed E-state index contributed by atoms with van der Waals surface area (Å²) in [5.74, 6) is 1.45. The fourth-order valence-electron chi connectivity index (χ4n) is 3.88. The molecule has 0 unspecified atom stereocenters. The molecular weight excluding hydrogens is 400 g/mol. The molecule has 30 heavy (non-hydrogen) atoms. The molecule has 6 heteroatoms. The minimum atomic E-state index is -0.231. The Morgan fingerprint density at radius 2 is 1.83 bits per heavy atom. The average molecular weight is 425 g/mol. The lowest BCUT2D eigenvalue weighted by Crippen LogP contribution is -2.36. The number of nitrogens with zero attached hydrogens (tertiary/aromatic N) is 1. The first-order valence-electron chi connectivity index (χ1n) is 10.2. The van der Waals surface area contributed by atoms with Crippen molar-refractivity contribution in [1.29, 1.82) is 0 Å². The molecule has 0 saturated carbocycles. The smallest absolute Gasteiger partial charge is 0.287 e. The fraction of sp³-hybridized carbons (Fsp3) is 0.292. The van der Waals surface area contributed by atoms with Gasteiger partial charge in [0.1, 0.15) is 11.5 Å². The molecular formula is C24H25ClN2O3. The number of hydrogen-bond acceptors (Lipinski definition) is 4. The Labute approximate surface area is 181 Å². The molecule has 0 spiro atoms. The number of carbonyl (C=O) groups is 1. The molecule has 1 amide bonds. The van der Waals surface area contributed by atoms with Crippen molar-refractivity contribution in [3.63, 3.8) is 0 Å². The lowest BCUT2D eigenvalue weighted by molar-refractivity contribution is 0.0911. The number of likely N-dealkylation sites (tertiary alicyclic amines) is 1. The number of ether oxygens (including phenoxy) is 1. The van der Waals surface area contributed by atoms with Crippen LogP contribution in [0.4, 0.5) is 0 Å². The lowest BCUT2D eigenvalue weighted by atomic mass is 10.1. The van der Waals surface area contributed by atoms with Crippen LogP contribution in [-0.4, -0.2) is 37.6 Å². The van der Waals surface area contributed by atoms with Gasteiger partial charge in [-0.1, -0.05) is 35.9 Å². The largest absolute Gasteiger partial charge is 0.497 e. The van der Waals surface area contributed by atoms with E-state index in [1.165, 1.54) is 12.8 Å². The Kier molecular flexibility index (Phi) is 6.41. The van der Waals surface area contributed by atoms with E-state index in [4.69, 9.17) is 20.8 Å². The number of furan rings is 1. The van der Waals surface area contributed by atoms with Crippen molar-refractivity contribution < 1.29 is 13.9 Å². The average Bonchev–Trinajstić information content (AvgIpc) is 3.47. The Hall–Kier alpha value is -2.76. The van der Waals surface area contributed by atoms with E-state index in [9.17, 15) is 4.79 Å². The molecule has 3 aromatic rings. The van der Waals surface area contributed by atoms with Gasteiger partial charge in [-0.3, -0.25) is 9.69 Å². The second-order valence-electron chi connectivity index (χ2n) is 7.39. The van der Waals surface area contributed by atoms with Crippen LogP contribution < -0.4 is 10.1 Å². The second kappa shape index (κ2) is 9.37. The van der Waals surface area contributed by atoms with Crippen molar-refractivity contribution in [3.05, 3.63) is 77.0 Å². The molecule has 1 aliphatic rings. The molecule has 1 N–H and O–H groups in total. The van der Waals surface area contributed by atoms with Crippen LogP contribution in [0.1, 0.15) is 35.0 Å². The molecule has 0 radical (unpaired) electrons. The third kappa shape index (κ3) is 4.53. The van der Waals surface area contributed by atoms with Gasteiger partial charge < -0.3 is 14.5 Å². The van der Waals surface area contributed by atoms with Gasteiger partial charge >= 0.3 is 0 Å². The van der Waals surface area contributed by atoms with Gasteiger partial charge in [-0.05, 0) is 67.9 Å². The summed E-state index contributed by atoms with van der Waals surface area (Å²) in [6.07, 6.45) is 2.36. The van der Waals surface area contributed by atoms with Crippen LogP contribution in [0.5, 0.6) is 5.75 Å². The standard InChI is InChI=1S/C24H25ClN2O3/c1-29-18-10-8-17(9-11-18)21(27-14-4-5-15-27)16-26-24(28)23-13-12-22(30-23)19-6-2-3-7-20(19)25/h2-3,6-13,21H,4-5,14-16H2,1H3,(H,26,28)/t21-/m1/s1. The van der Waals surface area contributed by atoms with Gasteiger partial charge in [0.25, 0.3) is 5.91 Å². The molecule has 2 aromatic carbocycles. The topological polar surface area (TPSA) is 54.7 Å². The number of halogens is 1. The van der Waals surface area contributed by atoms with Crippen LogP contribution >= 0.6 is 11.6 Å². The predicted octanol–water partition coefficient (Wildman–Crippen LogP) is 5.18. The van der Waals surface area contributed by atoms with E-state index in [1.807, 2.05) is 30.3 Å². The van der Waals surface area contributed by atoms with E-state index in [1.54, 1.807) is 25.3 Å². The van der Waals surface area contributed by atoms with Gasteiger partial charge in [-0.15, -0.1) is 0 Å². The molecule has 2 heterocycles. The third-order valence-corrected chi connectivity index (χ3v) is 5.84. The van der Waals surface area contributed by atoms with Crippen LogP contribution in [0.15, 0.2) is 65.1 Å². The summed E-state index contributed by atoms with van der Waals surface area (Å²) in [6, 6.07) is 19.0. The van der Waals surface area contributed by atoms with Crippen LogP contribution in [0.3, 0.4) is 0 Å². The van der Waals surface area contributed by atoms with Crippen LogP contribution in [-0.2, 0) is 0 Å². The van der Waals surface area contributed by atoms with Gasteiger partial charge in [0.05, 0.1) is 18.2 Å². The maximum Gasteiger partial charge on any atom is 0.287 e. The monoisotopic (exact) mass is 424 g/mol. The minimum absolute atomic E-state index is 0.111. The highest BCUT2D eigenvalue weighted by Crippen LogP contribution is 2.29. The molecule has 156 valence electrons. The zero-order chi connectivity index (χ0) is 20.9. The SMILES string of the molecule is COc1ccc([C@@H](CNC(=O)c2ccc(-c3ccccc3Cl)o2)N2CCCC2)cc1. The zero-order valence-electron chi connectivity index (χ0n) is 16.9. The highest BCUT2D eigenvalue weighted by molar-refractivity contribution is 6.33. The Morgan fingerprint density at radius 1 is 1.10 bits per heavy atom. The Balaban J connectivity index is 1.46. The number of methoxy groups -OCH3 is 1. The molecule has 1 fully saturated rings. The summed E-state index contributed by atoms with van der Waals surface area (Å²) in [4.78, 5) is 15.2. The van der Waals surface area contributed by atoms with E-state index in [0.29, 0.717) is 17.3 Å².